The lowest BCUT2D eigenvalue weighted by atomic mass is 9.92. The fraction of sp³-hybridized carbons (Fsp3) is 0.214. The summed E-state index contributed by atoms with van der Waals surface area (Å²) in [6.07, 6.45) is 2.48. The van der Waals surface area contributed by atoms with E-state index in [-0.39, 0.29) is 11.8 Å². The average Bonchev–Trinajstić information content (AvgIpc) is 2.84. The van der Waals surface area contributed by atoms with Gasteiger partial charge in [-0.3, -0.25) is 4.79 Å². The number of hydrogen-bond donors (Lipinski definition) is 1. The highest BCUT2D eigenvalue weighted by atomic mass is 16.3. The molecule has 0 fully saturated rings. The molecule has 0 saturated carbocycles. The summed E-state index contributed by atoms with van der Waals surface area (Å²) in [5, 5.41) is 2.90. The first kappa shape index (κ1) is 10.1. The number of nitrogens with one attached hydrogen (secondary N) is 1. The standard InChI is InChI=1S/C14H13NO2/c16-14-12-6-7-17-13(12)11(9-15-14)8-10-4-2-1-3-5-10/h1-7,11H,8-9H2,(H,15,16)/t11-/m0/s1. The van der Waals surface area contributed by atoms with Gasteiger partial charge in [0, 0.05) is 12.5 Å². The van der Waals surface area contributed by atoms with Gasteiger partial charge in [-0.15, -0.1) is 0 Å². The van der Waals surface area contributed by atoms with E-state index < -0.39 is 0 Å². The Morgan fingerprint density at radius 2 is 2.06 bits per heavy atom. The molecule has 0 aliphatic carbocycles. The fourth-order valence-corrected chi connectivity index (χ4v) is 2.29. The predicted octanol–water partition coefficient (Wildman–Crippen LogP) is 2.35. The van der Waals surface area contributed by atoms with E-state index in [0.29, 0.717) is 12.1 Å². The van der Waals surface area contributed by atoms with E-state index in [1.807, 2.05) is 18.2 Å². The summed E-state index contributed by atoms with van der Waals surface area (Å²) in [6, 6.07) is 12.0. The number of furan rings is 1. The number of fused-ring (bicyclic) bond motifs is 1. The Bertz CT molecular complexity index is 530. The summed E-state index contributed by atoms with van der Waals surface area (Å²) in [5.74, 6) is 1.02. The first-order chi connectivity index (χ1) is 8.34. The molecule has 3 nitrogen and oxygen atoms in total. The lowest BCUT2D eigenvalue weighted by molar-refractivity contribution is 0.0935. The van der Waals surface area contributed by atoms with E-state index in [4.69, 9.17) is 4.42 Å². The second kappa shape index (κ2) is 4.09. The van der Waals surface area contributed by atoms with Crippen LogP contribution in [-0.2, 0) is 6.42 Å². The fourth-order valence-electron chi connectivity index (χ4n) is 2.29. The van der Waals surface area contributed by atoms with Crippen LogP contribution in [0.3, 0.4) is 0 Å². The smallest absolute Gasteiger partial charge is 0.254 e. The van der Waals surface area contributed by atoms with Gasteiger partial charge in [-0.25, -0.2) is 0 Å². The zero-order valence-electron chi connectivity index (χ0n) is 9.35. The maximum Gasteiger partial charge on any atom is 0.254 e. The number of benzene rings is 1. The maximum absolute atomic E-state index is 11.6. The minimum absolute atomic E-state index is 0.0296. The predicted molar refractivity (Wildman–Crippen MR) is 63.9 cm³/mol. The largest absolute Gasteiger partial charge is 0.468 e. The normalized spacial score (nSPS) is 18.6. The van der Waals surface area contributed by atoms with Crippen molar-refractivity contribution in [1.29, 1.82) is 0 Å². The van der Waals surface area contributed by atoms with Crippen molar-refractivity contribution in [2.24, 2.45) is 0 Å². The van der Waals surface area contributed by atoms with Gasteiger partial charge in [0.15, 0.2) is 0 Å². The molecule has 1 amide bonds. The van der Waals surface area contributed by atoms with Gasteiger partial charge < -0.3 is 9.73 Å². The van der Waals surface area contributed by atoms with Crippen LogP contribution in [0.2, 0.25) is 0 Å². The zero-order valence-corrected chi connectivity index (χ0v) is 9.35. The van der Waals surface area contributed by atoms with Gasteiger partial charge in [0.05, 0.1) is 11.8 Å². The third-order valence-electron chi connectivity index (χ3n) is 3.14. The number of carbonyl (C=O) groups is 1. The van der Waals surface area contributed by atoms with E-state index in [0.717, 1.165) is 12.2 Å². The van der Waals surface area contributed by atoms with Gasteiger partial charge in [0.2, 0.25) is 0 Å². The number of rotatable bonds is 2. The molecule has 1 aromatic heterocycles. The van der Waals surface area contributed by atoms with Crippen LogP contribution in [0.4, 0.5) is 0 Å². The molecule has 0 saturated heterocycles. The van der Waals surface area contributed by atoms with Crippen molar-refractivity contribution in [3.8, 4) is 0 Å². The van der Waals surface area contributed by atoms with Crippen molar-refractivity contribution >= 4 is 5.91 Å². The summed E-state index contributed by atoms with van der Waals surface area (Å²) in [6.45, 7) is 0.647. The second-order valence-electron chi connectivity index (χ2n) is 4.30. The van der Waals surface area contributed by atoms with Crippen molar-refractivity contribution in [3.63, 3.8) is 0 Å². The Kier molecular flexibility index (Phi) is 2.44. The van der Waals surface area contributed by atoms with Crippen LogP contribution >= 0.6 is 0 Å². The third kappa shape index (κ3) is 1.84. The summed E-state index contributed by atoms with van der Waals surface area (Å²) in [5.41, 5.74) is 1.94. The van der Waals surface area contributed by atoms with Crippen LogP contribution in [0.1, 0.15) is 27.6 Å². The van der Waals surface area contributed by atoms with E-state index in [9.17, 15) is 4.79 Å². The molecule has 0 radical (unpaired) electrons. The molecule has 17 heavy (non-hydrogen) atoms. The highest BCUT2D eigenvalue weighted by Gasteiger charge is 2.28. The second-order valence-corrected chi connectivity index (χ2v) is 4.30. The quantitative estimate of drug-likeness (QED) is 0.855. The van der Waals surface area contributed by atoms with Crippen LogP contribution in [0.5, 0.6) is 0 Å². The highest BCUT2D eigenvalue weighted by molar-refractivity contribution is 5.96. The van der Waals surface area contributed by atoms with E-state index in [1.165, 1.54) is 5.56 Å². The topological polar surface area (TPSA) is 42.2 Å². The Hall–Kier alpha value is -2.03. The molecule has 0 spiro atoms. The summed E-state index contributed by atoms with van der Waals surface area (Å²) in [4.78, 5) is 11.6. The monoisotopic (exact) mass is 227 g/mol. The van der Waals surface area contributed by atoms with Crippen molar-refractivity contribution < 1.29 is 9.21 Å². The van der Waals surface area contributed by atoms with Crippen molar-refractivity contribution in [2.45, 2.75) is 12.3 Å². The van der Waals surface area contributed by atoms with Crippen LogP contribution in [0.15, 0.2) is 47.1 Å². The molecule has 2 aromatic rings. The van der Waals surface area contributed by atoms with Crippen LogP contribution in [0.25, 0.3) is 0 Å². The van der Waals surface area contributed by atoms with Gasteiger partial charge in [0.1, 0.15) is 5.76 Å². The Morgan fingerprint density at radius 1 is 1.24 bits per heavy atom. The van der Waals surface area contributed by atoms with Gasteiger partial charge in [-0.05, 0) is 18.1 Å². The van der Waals surface area contributed by atoms with Gasteiger partial charge in [-0.1, -0.05) is 30.3 Å². The van der Waals surface area contributed by atoms with Crippen molar-refractivity contribution in [3.05, 3.63) is 59.5 Å². The lowest BCUT2D eigenvalue weighted by Gasteiger charge is -2.21. The van der Waals surface area contributed by atoms with Crippen molar-refractivity contribution in [2.75, 3.05) is 6.54 Å². The molecule has 1 aromatic carbocycles. The minimum Gasteiger partial charge on any atom is -0.468 e. The van der Waals surface area contributed by atoms with Gasteiger partial charge in [-0.2, -0.15) is 0 Å². The molecule has 3 rings (SSSR count). The maximum atomic E-state index is 11.6. The lowest BCUT2D eigenvalue weighted by Crippen LogP contribution is -2.34. The zero-order chi connectivity index (χ0) is 11.7. The number of carbonyl (C=O) groups excluding carboxylic acids is 1. The molecule has 1 N–H and O–H groups in total. The molecule has 2 heterocycles. The Labute approximate surface area is 99.4 Å². The molecule has 1 aliphatic rings. The molecule has 3 heteroatoms. The van der Waals surface area contributed by atoms with E-state index in [1.54, 1.807) is 12.3 Å². The van der Waals surface area contributed by atoms with E-state index in [2.05, 4.69) is 17.4 Å². The molecule has 1 aliphatic heterocycles. The average molecular weight is 227 g/mol. The summed E-state index contributed by atoms with van der Waals surface area (Å²) >= 11 is 0. The minimum atomic E-state index is -0.0296. The van der Waals surface area contributed by atoms with Gasteiger partial charge >= 0.3 is 0 Å². The number of amides is 1. The van der Waals surface area contributed by atoms with Crippen LogP contribution in [-0.4, -0.2) is 12.5 Å². The van der Waals surface area contributed by atoms with E-state index >= 15 is 0 Å². The SMILES string of the molecule is O=C1NC[C@H](Cc2ccccc2)c2occc21. The first-order valence-corrected chi connectivity index (χ1v) is 5.74. The Balaban J connectivity index is 1.87. The van der Waals surface area contributed by atoms with Gasteiger partial charge in [0.25, 0.3) is 5.91 Å². The molecule has 1 atom stereocenters. The van der Waals surface area contributed by atoms with Crippen molar-refractivity contribution in [1.82, 2.24) is 5.32 Å². The van der Waals surface area contributed by atoms with Crippen LogP contribution < -0.4 is 5.32 Å². The summed E-state index contributed by atoms with van der Waals surface area (Å²) < 4.78 is 5.45. The van der Waals surface area contributed by atoms with Crippen LogP contribution in [0, 0.1) is 0 Å². The summed E-state index contributed by atoms with van der Waals surface area (Å²) in [7, 11) is 0. The molecule has 86 valence electrons. The molecular formula is C14H13NO2. The third-order valence-corrected chi connectivity index (χ3v) is 3.14. The molecular weight excluding hydrogens is 214 g/mol. The molecule has 0 bridgehead atoms. The highest BCUT2D eigenvalue weighted by Crippen LogP contribution is 2.27. The Morgan fingerprint density at radius 3 is 2.88 bits per heavy atom. The molecule has 0 unspecified atom stereocenters. The first-order valence-electron chi connectivity index (χ1n) is 5.74. The number of hydrogen-bond acceptors (Lipinski definition) is 2.